The lowest BCUT2D eigenvalue weighted by atomic mass is 10.3. The summed E-state index contributed by atoms with van der Waals surface area (Å²) in [6.45, 7) is 0.141. The highest BCUT2D eigenvalue weighted by molar-refractivity contribution is 7.92. The third kappa shape index (κ3) is 4.03. The molecule has 0 aliphatic rings. The number of nitrogens with zero attached hydrogens (tertiary/aromatic N) is 2. The number of carbonyl (C=O) groups excluding carboxylic acids is 1. The number of carbonyl (C=O) groups is 1. The van der Waals surface area contributed by atoms with Crippen LogP contribution in [-0.2, 0) is 14.6 Å². The van der Waals surface area contributed by atoms with E-state index in [1.165, 1.54) is 19.2 Å². The number of hydrogen-bond acceptors (Lipinski definition) is 4. The van der Waals surface area contributed by atoms with Crippen molar-refractivity contribution in [3.8, 4) is 6.07 Å². The molecular weight excluding hydrogens is 271 g/mol. The zero-order valence-corrected chi connectivity index (χ0v) is 11.2. The smallest absolute Gasteiger partial charge is 0.237 e. The maximum absolute atomic E-state index is 13.4. The van der Waals surface area contributed by atoms with E-state index in [4.69, 9.17) is 5.26 Å². The van der Waals surface area contributed by atoms with Gasteiger partial charge in [0.2, 0.25) is 5.91 Å². The van der Waals surface area contributed by atoms with Crippen molar-refractivity contribution in [3.63, 3.8) is 0 Å². The number of sulfone groups is 1. The molecule has 5 nitrogen and oxygen atoms in total. The SMILES string of the molecule is CN(CCC#N)C(=O)CS(=O)(=O)c1ccccc1F. The summed E-state index contributed by atoms with van der Waals surface area (Å²) >= 11 is 0. The van der Waals surface area contributed by atoms with E-state index in [1.54, 1.807) is 0 Å². The van der Waals surface area contributed by atoms with Crippen LogP contribution in [0.2, 0.25) is 0 Å². The molecule has 7 heteroatoms. The maximum atomic E-state index is 13.4. The minimum atomic E-state index is -4.01. The molecule has 0 N–H and O–H groups in total. The molecule has 1 rings (SSSR count). The second-order valence-electron chi connectivity index (χ2n) is 3.91. The minimum Gasteiger partial charge on any atom is -0.344 e. The average molecular weight is 284 g/mol. The predicted octanol–water partition coefficient (Wildman–Crippen LogP) is 0.971. The van der Waals surface area contributed by atoms with Crippen molar-refractivity contribution >= 4 is 15.7 Å². The van der Waals surface area contributed by atoms with Gasteiger partial charge >= 0.3 is 0 Å². The van der Waals surface area contributed by atoms with Gasteiger partial charge in [-0.25, -0.2) is 12.8 Å². The van der Waals surface area contributed by atoms with Crippen LogP contribution >= 0.6 is 0 Å². The van der Waals surface area contributed by atoms with Crippen LogP contribution in [0.4, 0.5) is 4.39 Å². The lowest BCUT2D eigenvalue weighted by Gasteiger charge is -2.15. The normalized spacial score (nSPS) is 10.8. The van der Waals surface area contributed by atoms with E-state index in [0.717, 1.165) is 17.0 Å². The summed E-state index contributed by atoms with van der Waals surface area (Å²) in [5, 5.41) is 8.39. The van der Waals surface area contributed by atoms with Crippen molar-refractivity contribution in [2.45, 2.75) is 11.3 Å². The maximum Gasteiger partial charge on any atom is 0.237 e. The highest BCUT2D eigenvalue weighted by atomic mass is 32.2. The molecule has 1 aromatic rings. The van der Waals surface area contributed by atoms with E-state index < -0.39 is 32.2 Å². The lowest BCUT2D eigenvalue weighted by Crippen LogP contribution is -2.33. The third-order valence-electron chi connectivity index (χ3n) is 2.47. The Morgan fingerprint density at radius 2 is 2.05 bits per heavy atom. The number of hydrogen-bond donors (Lipinski definition) is 0. The molecule has 19 heavy (non-hydrogen) atoms. The van der Waals surface area contributed by atoms with Gasteiger partial charge in [0.25, 0.3) is 0 Å². The van der Waals surface area contributed by atoms with E-state index in [2.05, 4.69) is 0 Å². The monoisotopic (exact) mass is 284 g/mol. The Labute approximate surface area is 111 Å². The molecule has 0 saturated carbocycles. The molecule has 0 spiro atoms. The first-order chi connectivity index (χ1) is 8.88. The van der Waals surface area contributed by atoms with Crippen molar-refractivity contribution in [3.05, 3.63) is 30.1 Å². The summed E-state index contributed by atoms with van der Waals surface area (Å²) in [5.74, 6) is -2.36. The molecule has 0 saturated heterocycles. The van der Waals surface area contributed by atoms with E-state index in [0.29, 0.717) is 0 Å². The summed E-state index contributed by atoms with van der Waals surface area (Å²) in [7, 11) is -2.61. The first-order valence-corrected chi connectivity index (χ1v) is 7.12. The van der Waals surface area contributed by atoms with Crippen LogP contribution in [0.3, 0.4) is 0 Å². The average Bonchev–Trinajstić information content (AvgIpc) is 2.35. The Morgan fingerprint density at radius 3 is 2.63 bits per heavy atom. The quantitative estimate of drug-likeness (QED) is 0.807. The van der Waals surface area contributed by atoms with Crippen molar-refractivity contribution in [1.82, 2.24) is 4.90 Å². The van der Waals surface area contributed by atoms with Crippen LogP contribution in [0.15, 0.2) is 29.2 Å². The van der Waals surface area contributed by atoms with Crippen molar-refractivity contribution in [2.24, 2.45) is 0 Å². The third-order valence-corrected chi connectivity index (χ3v) is 4.10. The Morgan fingerprint density at radius 1 is 1.42 bits per heavy atom. The van der Waals surface area contributed by atoms with Gasteiger partial charge in [-0.05, 0) is 12.1 Å². The molecule has 0 fully saturated rings. The van der Waals surface area contributed by atoms with Gasteiger partial charge in [-0.3, -0.25) is 4.79 Å². The highest BCUT2D eigenvalue weighted by Gasteiger charge is 2.24. The Balaban J connectivity index is 2.84. The molecule has 0 atom stereocenters. The zero-order chi connectivity index (χ0) is 14.5. The van der Waals surface area contributed by atoms with Gasteiger partial charge in [-0.1, -0.05) is 12.1 Å². The van der Waals surface area contributed by atoms with Crippen molar-refractivity contribution < 1.29 is 17.6 Å². The molecular formula is C12H13FN2O3S. The molecule has 0 aliphatic heterocycles. The van der Waals surface area contributed by atoms with E-state index in [1.807, 2.05) is 6.07 Å². The van der Waals surface area contributed by atoms with Gasteiger partial charge in [0, 0.05) is 13.6 Å². The van der Waals surface area contributed by atoms with Gasteiger partial charge in [-0.2, -0.15) is 5.26 Å². The van der Waals surface area contributed by atoms with Crippen molar-refractivity contribution in [1.29, 1.82) is 5.26 Å². The number of amides is 1. The lowest BCUT2D eigenvalue weighted by molar-refractivity contribution is -0.127. The molecule has 0 radical (unpaired) electrons. The Hall–Kier alpha value is -1.94. The summed E-state index contributed by atoms with van der Waals surface area (Å²) in [5.41, 5.74) is 0. The van der Waals surface area contributed by atoms with Gasteiger partial charge in [-0.15, -0.1) is 0 Å². The molecule has 0 heterocycles. The number of rotatable bonds is 5. The number of halogens is 1. The summed E-state index contributed by atoms with van der Waals surface area (Å²) in [6.07, 6.45) is 0.113. The van der Waals surface area contributed by atoms with Crippen LogP contribution in [0.5, 0.6) is 0 Å². The standard InChI is InChI=1S/C12H13FN2O3S/c1-15(8-4-7-14)12(16)9-19(17,18)11-6-3-2-5-10(11)13/h2-3,5-6H,4,8-9H2,1H3. The number of benzene rings is 1. The molecule has 0 aliphatic carbocycles. The Bertz CT molecular complexity index is 608. The summed E-state index contributed by atoms with van der Waals surface area (Å²) in [4.78, 5) is 12.3. The topological polar surface area (TPSA) is 78.2 Å². The van der Waals surface area contributed by atoms with E-state index in [-0.39, 0.29) is 13.0 Å². The van der Waals surface area contributed by atoms with Crippen LogP contribution in [0.25, 0.3) is 0 Å². The first kappa shape index (κ1) is 15.1. The van der Waals surface area contributed by atoms with Crippen LogP contribution in [-0.4, -0.2) is 38.6 Å². The number of nitriles is 1. The molecule has 1 aromatic carbocycles. The fourth-order valence-corrected chi connectivity index (χ4v) is 2.74. The first-order valence-electron chi connectivity index (χ1n) is 5.46. The van der Waals surface area contributed by atoms with Gasteiger partial charge < -0.3 is 4.90 Å². The molecule has 1 amide bonds. The fraction of sp³-hybridized carbons (Fsp3) is 0.333. The second kappa shape index (κ2) is 6.29. The second-order valence-corrected chi connectivity index (χ2v) is 5.87. The van der Waals surface area contributed by atoms with Gasteiger partial charge in [0.1, 0.15) is 16.5 Å². The molecule has 0 unspecified atom stereocenters. The van der Waals surface area contributed by atoms with Crippen LogP contribution < -0.4 is 0 Å². The molecule has 0 bridgehead atoms. The Kier molecular flexibility index (Phi) is 5.01. The largest absolute Gasteiger partial charge is 0.344 e. The molecule has 102 valence electrons. The minimum absolute atomic E-state index is 0.113. The van der Waals surface area contributed by atoms with E-state index in [9.17, 15) is 17.6 Å². The van der Waals surface area contributed by atoms with Gasteiger partial charge in [0.05, 0.1) is 12.5 Å². The van der Waals surface area contributed by atoms with E-state index >= 15 is 0 Å². The summed E-state index contributed by atoms with van der Waals surface area (Å²) < 4.78 is 37.2. The highest BCUT2D eigenvalue weighted by Crippen LogP contribution is 2.15. The predicted molar refractivity (Wildman–Crippen MR) is 66.3 cm³/mol. The van der Waals surface area contributed by atoms with Crippen molar-refractivity contribution in [2.75, 3.05) is 19.3 Å². The molecule has 0 aromatic heterocycles. The fourth-order valence-electron chi connectivity index (χ4n) is 1.39. The summed E-state index contributed by atoms with van der Waals surface area (Å²) in [6, 6.07) is 6.76. The van der Waals surface area contributed by atoms with Crippen LogP contribution in [0.1, 0.15) is 6.42 Å². The van der Waals surface area contributed by atoms with Crippen LogP contribution in [0, 0.1) is 17.1 Å². The van der Waals surface area contributed by atoms with Gasteiger partial charge in [0.15, 0.2) is 9.84 Å². The zero-order valence-electron chi connectivity index (χ0n) is 10.3.